The first kappa shape index (κ1) is 19.8. The van der Waals surface area contributed by atoms with Crippen molar-refractivity contribution in [2.75, 3.05) is 10.6 Å². The summed E-state index contributed by atoms with van der Waals surface area (Å²) in [7, 11) is -4.21. The first-order chi connectivity index (χ1) is 13.8. The molecule has 2 N–H and O–H groups in total. The molecule has 10 heteroatoms. The first-order valence-electron chi connectivity index (χ1n) is 8.25. The zero-order valence-electron chi connectivity index (χ0n) is 14.8. The average molecular weight is 413 g/mol. The van der Waals surface area contributed by atoms with E-state index >= 15 is 0 Å². The Bertz CT molecular complexity index is 1130. The van der Waals surface area contributed by atoms with Gasteiger partial charge in [0.15, 0.2) is 0 Å². The second-order valence-electron chi connectivity index (χ2n) is 5.76. The summed E-state index contributed by atoms with van der Waals surface area (Å²) >= 11 is 0. The smallest absolute Gasteiger partial charge is 0.339 e. The molecular weight excluding hydrogens is 398 g/mol. The molecule has 0 radical (unpaired) electrons. The molecule has 3 rings (SSSR count). The predicted molar refractivity (Wildman–Crippen MR) is 106 cm³/mol. The van der Waals surface area contributed by atoms with Crippen LogP contribution in [0.3, 0.4) is 0 Å². The number of anilines is 2. The third kappa shape index (κ3) is 5.30. The molecule has 0 saturated carbocycles. The second kappa shape index (κ2) is 8.40. The van der Waals surface area contributed by atoms with Crippen molar-refractivity contribution < 1.29 is 22.3 Å². The maximum atomic E-state index is 12.5. The lowest BCUT2D eigenvalue weighted by molar-refractivity contribution is -0.384. The molecule has 2 amide bonds. The summed E-state index contributed by atoms with van der Waals surface area (Å²) in [6.07, 6.45) is 0. The zero-order valence-corrected chi connectivity index (χ0v) is 15.6. The molecule has 0 aliphatic carbocycles. The van der Waals surface area contributed by atoms with E-state index in [1.54, 1.807) is 24.3 Å². The molecule has 148 valence electrons. The molecule has 0 bridgehead atoms. The van der Waals surface area contributed by atoms with E-state index in [0.717, 1.165) is 12.1 Å². The minimum absolute atomic E-state index is 0.0733. The number of hydrogen-bond acceptors (Lipinski definition) is 6. The molecule has 0 spiro atoms. The van der Waals surface area contributed by atoms with Gasteiger partial charge in [-0.3, -0.25) is 10.1 Å². The highest BCUT2D eigenvalue weighted by molar-refractivity contribution is 7.87. The molecule has 0 aliphatic rings. The fourth-order valence-electron chi connectivity index (χ4n) is 2.34. The SMILES string of the molecule is O=C(Nc1ccccc1)Nc1cccc(S(=O)(=O)Oc2ccc([N+](=O)[O-])cc2)c1. The Hall–Kier alpha value is -3.92. The first-order valence-corrected chi connectivity index (χ1v) is 9.66. The van der Waals surface area contributed by atoms with Gasteiger partial charge in [0.1, 0.15) is 10.6 Å². The number of nitrogens with zero attached hydrogens (tertiary/aromatic N) is 1. The highest BCUT2D eigenvalue weighted by Gasteiger charge is 2.18. The summed E-state index contributed by atoms with van der Waals surface area (Å²) in [6.45, 7) is 0. The second-order valence-corrected chi connectivity index (χ2v) is 7.31. The number of rotatable bonds is 6. The van der Waals surface area contributed by atoms with Crippen molar-refractivity contribution in [2.24, 2.45) is 0 Å². The Kier molecular flexibility index (Phi) is 5.74. The van der Waals surface area contributed by atoms with E-state index in [4.69, 9.17) is 4.18 Å². The maximum Gasteiger partial charge on any atom is 0.339 e. The van der Waals surface area contributed by atoms with Gasteiger partial charge < -0.3 is 14.8 Å². The van der Waals surface area contributed by atoms with Crippen molar-refractivity contribution in [2.45, 2.75) is 4.90 Å². The van der Waals surface area contributed by atoms with E-state index in [-0.39, 0.29) is 22.0 Å². The van der Waals surface area contributed by atoms with E-state index < -0.39 is 21.1 Å². The van der Waals surface area contributed by atoms with Crippen LogP contribution in [0.1, 0.15) is 0 Å². The van der Waals surface area contributed by atoms with Gasteiger partial charge in [-0.25, -0.2) is 4.79 Å². The van der Waals surface area contributed by atoms with Gasteiger partial charge in [-0.05, 0) is 42.5 Å². The summed E-state index contributed by atoms with van der Waals surface area (Å²) in [6, 6.07) is 18.4. The Balaban J connectivity index is 1.71. The molecule has 3 aromatic rings. The summed E-state index contributed by atoms with van der Waals surface area (Å²) < 4.78 is 29.9. The van der Waals surface area contributed by atoms with Crippen molar-refractivity contribution >= 4 is 33.2 Å². The fourth-order valence-corrected chi connectivity index (χ4v) is 3.32. The standard InChI is InChI=1S/C19H15N3O6S/c23-19(20-14-5-2-1-3-6-14)21-15-7-4-8-18(13-15)29(26,27)28-17-11-9-16(10-12-17)22(24)25/h1-13H,(H2,20,21,23). The molecule has 3 aromatic carbocycles. The van der Waals surface area contributed by atoms with Crippen LogP contribution in [0.15, 0.2) is 83.8 Å². The number of benzene rings is 3. The number of non-ortho nitro benzene ring substituents is 1. The van der Waals surface area contributed by atoms with Gasteiger partial charge >= 0.3 is 16.1 Å². The van der Waals surface area contributed by atoms with E-state index in [1.807, 2.05) is 6.07 Å². The van der Waals surface area contributed by atoms with Crippen molar-refractivity contribution in [1.82, 2.24) is 0 Å². The topological polar surface area (TPSA) is 128 Å². The van der Waals surface area contributed by atoms with Gasteiger partial charge in [-0.1, -0.05) is 24.3 Å². The van der Waals surface area contributed by atoms with Crippen molar-refractivity contribution in [1.29, 1.82) is 0 Å². The Morgan fingerprint density at radius 1 is 0.862 bits per heavy atom. The molecule has 29 heavy (non-hydrogen) atoms. The van der Waals surface area contributed by atoms with Crippen molar-refractivity contribution in [3.8, 4) is 5.75 Å². The largest absolute Gasteiger partial charge is 0.379 e. The summed E-state index contributed by atoms with van der Waals surface area (Å²) in [5, 5.41) is 15.8. The minimum atomic E-state index is -4.21. The Labute approximate surface area is 166 Å². The molecule has 0 fully saturated rings. The number of hydrogen-bond donors (Lipinski definition) is 2. The fraction of sp³-hybridized carbons (Fsp3) is 0. The normalized spacial score (nSPS) is 10.8. The monoisotopic (exact) mass is 413 g/mol. The number of nitrogens with one attached hydrogen (secondary N) is 2. The van der Waals surface area contributed by atoms with Crippen LogP contribution in [0.25, 0.3) is 0 Å². The van der Waals surface area contributed by atoms with Crippen molar-refractivity contribution in [3.05, 3.63) is 89.0 Å². The van der Waals surface area contributed by atoms with Gasteiger partial charge in [0.05, 0.1) is 4.92 Å². The number of urea groups is 1. The average Bonchev–Trinajstić information content (AvgIpc) is 2.69. The Morgan fingerprint density at radius 3 is 2.14 bits per heavy atom. The van der Waals surface area contributed by atoms with Gasteiger partial charge in [-0.2, -0.15) is 8.42 Å². The number of para-hydroxylation sites is 1. The lowest BCUT2D eigenvalue weighted by atomic mass is 10.3. The highest BCUT2D eigenvalue weighted by Crippen LogP contribution is 2.23. The molecule has 0 aliphatic heterocycles. The number of nitro groups is 1. The minimum Gasteiger partial charge on any atom is -0.379 e. The summed E-state index contributed by atoms with van der Waals surface area (Å²) in [5.74, 6) is -0.0733. The molecule has 0 atom stereocenters. The molecule has 0 heterocycles. The molecule has 0 saturated heterocycles. The zero-order chi connectivity index (χ0) is 20.9. The van der Waals surface area contributed by atoms with E-state index in [2.05, 4.69) is 10.6 Å². The molecule has 9 nitrogen and oxygen atoms in total. The van der Waals surface area contributed by atoms with E-state index in [0.29, 0.717) is 5.69 Å². The molecule has 0 aromatic heterocycles. The van der Waals surface area contributed by atoms with Gasteiger partial charge in [-0.15, -0.1) is 0 Å². The summed E-state index contributed by atoms with van der Waals surface area (Å²) in [4.78, 5) is 21.9. The van der Waals surface area contributed by atoms with Gasteiger partial charge in [0.2, 0.25) is 0 Å². The third-order valence-corrected chi connectivity index (χ3v) is 4.91. The lowest BCUT2D eigenvalue weighted by Gasteiger charge is -2.10. The van der Waals surface area contributed by atoms with E-state index in [1.165, 1.54) is 36.4 Å². The van der Waals surface area contributed by atoms with Crippen LogP contribution in [-0.2, 0) is 10.1 Å². The number of nitro benzene ring substituents is 1. The molecular formula is C19H15N3O6S. The van der Waals surface area contributed by atoms with Gasteiger partial charge in [0, 0.05) is 23.5 Å². The summed E-state index contributed by atoms with van der Waals surface area (Å²) in [5.41, 5.74) is 0.632. The van der Waals surface area contributed by atoms with Crippen LogP contribution in [-0.4, -0.2) is 19.4 Å². The number of carbonyl (C=O) groups excluding carboxylic acids is 1. The van der Waals surface area contributed by atoms with Crippen LogP contribution in [0.2, 0.25) is 0 Å². The highest BCUT2D eigenvalue weighted by atomic mass is 32.2. The predicted octanol–water partition coefficient (Wildman–Crippen LogP) is 4.01. The Morgan fingerprint density at radius 2 is 1.48 bits per heavy atom. The van der Waals surface area contributed by atoms with Crippen LogP contribution >= 0.6 is 0 Å². The van der Waals surface area contributed by atoms with Crippen LogP contribution in [0.4, 0.5) is 21.9 Å². The van der Waals surface area contributed by atoms with E-state index in [9.17, 15) is 23.3 Å². The van der Waals surface area contributed by atoms with Crippen LogP contribution < -0.4 is 14.8 Å². The number of carbonyl (C=O) groups is 1. The van der Waals surface area contributed by atoms with Gasteiger partial charge in [0.25, 0.3) is 5.69 Å². The quantitative estimate of drug-likeness (QED) is 0.357. The van der Waals surface area contributed by atoms with Crippen LogP contribution in [0, 0.1) is 10.1 Å². The van der Waals surface area contributed by atoms with Crippen molar-refractivity contribution in [3.63, 3.8) is 0 Å². The number of amides is 2. The molecule has 0 unspecified atom stereocenters. The third-order valence-electron chi connectivity index (χ3n) is 3.67. The lowest BCUT2D eigenvalue weighted by Crippen LogP contribution is -2.19. The maximum absolute atomic E-state index is 12.5. The van der Waals surface area contributed by atoms with Crippen LogP contribution in [0.5, 0.6) is 5.75 Å².